The number of rotatable bonds is 8. The third kappa shape index (κ3) is 3.94. The molecule has 5 heteroatoms. The Hall–Kier alpha value is -1.46. The van der Waals surface area contributed by atoms with Gasteiger partial charge in [0.05, 0.1) is 38.4 Å². The third-order valence-corrected chi connectivity index (χ3v) is 6.07. The van der Waals surface area contributed by atoms with E-state index in [1.807, 2.05) is 18.2 Å². The molecule has 3 rings (SSSR count). The summed E-state index contributed by atoms with van der Waals surface area (Å²) in [5.74, 6) is -0.222. The summed E-state index contributed by atoms with van der Waals surface area (Å²) in [5.41, 5.74) is 0.714. The summed E-state index contributed by atoms with van der Waals surface area (Å²) in [6.07, 6.45) is 11.9. The fraction of sp³-hybridized carbons (Fsp3) is 0.714. The van der Waals surface area contributed by atoms with E-state index < -0.39 is 0 Å². The highest BCUT2D eigenvalue weighted by Gasteiger charge is 2.54. The fourth-order valence-electron chi connectivity index (χ4n) is 4.67. The Morgan fingerprint density at radius 2 is 2.31 bits per heavy atom. The Kier molecular flexibility index (Phi) is 6.30. The third-order valence-electron chi connectivity index (χ3n) is 6.07. The van der Waals surface area contributed by atoms with Crippen molar-refractivity contribution in [2.75, 3.05) is 20.3 Å². The minimum absolute atomic E-state index is 0.0290. The molecule has 2 aliphatic carbocycles. The van der Waals surface area contributed by atoms with Gasteiger partial charge in [0.15, 0.2) is 5.78 Å². The van der Waals surface area contributed by atoms with E-state index in [-0.39, 0.29) is 35.3 Å². The van der Waals surface area contributed by atoms with Crippen molar-refractivity contribution >= 4 is 11.8 Å². The van der Waals surface area contributed by atoms with Crippen LogP contribution in [0.25, 0.3) is 0 Å². The molecule has 144 valence electrons. The average Bonchev–Trinajstić information content (AvgIpc) is 3.17. The first kappa shape index (κ1) is 19.3. The first-order valence-electron chi connectivity index (χ1n) is 9.79. The summed E-state index contributed by atoms with van der Waals surface area (Å²) >= 11 is 0. The van der Waals surface area contributed by atoms with Crippen molar-refractivity contribution in [1.29, 1.82) is 0 Å². The van der Waals surface area contributed by atoms with Gasteiger partial charge < -0.3 is 14.2 Å². The first-order chi connectivity index (χ1) is 12.6. The largest absolute Gasteiger partial charge is 0.469 e. The lowest BCUT2D eigenvalue weighted by atomic mass is 9.79. The van der Waals surface area contributed by atoms with E-state index in [4.69, 9.17) is 14.2 Å². The zero-order valence-corrected chi connectivity index (χ0v) is 15.9. The molecular formula is C21H30O5. The highest BCUT2D eigenvalue weighted by molar-refractivity contribution is 5.97. The van der Waals surface area contributed by atoms with Crippen molar-refractivity contribution in [2.24, 2.45) is 11.3 Å². The minimum Gasteiger partial charge on any atom is -0.469 e. The lowest BCUT2D eigenvalue weighted by molar-refractivity contribution is -0.151. The van der Waals surface area contributed by atoms with Crippen LogP contribution in [0.5, 0.6) is 0 Å². The van der Waals surface area contributed by atoms with Gasteiger partial charge in [-0.15, -0.1) is 0 Å². The molecule has 0 aromatic carbocycles. The van der Waals surface area contributed by atoms with Crippen molar-refractivity contribution in [3.05, 3.63) is 23.8 Å². The van der Waals surface area contributed by atoms with Gasteiger partial charge in [0.25, 0.3) is 0 Å². The van der Waals surface area contributed by atoms with Gasteiger partial charge in [-0.1, -0.05) is 38.0 Å². The van der Waals surface area contributed by atoms with Crippen LogP contribution in [-0.4, -0.2) is 44.3 Å². The first-order valence-corrected chi connectivity index (χ1v) is 9.79. The molecule has 3 aliphatic rings. The Balaban J connectivity index is 1.62. The summed E-state index contributed by atoms with van der Waals surface area (Å²) in [5, 5.41) is 0. The van der Waals surface area contributed by atoms with Crippen molar-refractivity contribution in [3.8, 4) is 0 Å². The van der Waals surface area contributed by atoms with Gasteiger partial charge >= 0.3 is 5.97 Å². The summed E-state index contributed by atoms with van der Waals surface area (Å²) in [4.78, 5) is 24.1. The maximum atomic E-state index is 12.2. The van der Waals surface area contributed by atoms with Crippen LogP contribution < -0.4 is 0 Å². The van der Waals surface area contributed by atoms with Crippen molar-refractivity contribution < 1.29 is 23.8 Å². The van der Waals surface area contributed by atoms with Gasteiger partial charge in [-0.3, -0.25) is 9.59 Å². The summed E-state index contributed by atoms with van der Waals surface area (Å²) < 4.78 is 17.3. The highest BCUT2D eigenvalue weighted by Crippen LogP contribution is 2.52. The number of hydrogen-bond acceptors (Lipinski definition) is 5. The monoisotopic (exact) mass is 362 g/mol. The number of ketones is 1. The molecule has 0 N–H and O–H groups in total. The van der Waals surface area contributed by atoms with E-state index in [1.165, 1.54) is 7.11 Å². The summed E-state index contributed by atoms with van der Waals surface area (Å²) in [7, 11) is 1.45. The predicted octanol–water partition coefficient (Wildman–Crippen LogP) is 3.38. The number of esters is 1. The fourth-order valence-corrected chi connectivity index (χ4v) is 4.67. The van der Waals surface area contributed by atoms with Crippen LogP contribution in [0.4, 0.5) is 0 Å². The SMILES string of the molecule is CCCC(C(=O)OC)C1CC2(COCC3=CC=CCC3=O)CCCC2O1. The van der Waals surface area contributed by atoms with Crippen LogP contribution in [0.1, 0.15) is 51.9 Å². The molecular weight excluding hydrogens is 332 g/mol. The Labute approximate surface area is 155 Å². The van der Waals surface area contributed by atoms with E-state index in [2.05, 4.69) is 6.92 Å². The molecule has 2 fully saturated rings. The van der Waals surface area contributed by atoms with E-state index in [0.29, 0.717) is 19.6 Å². The van der Waals surface area contributed by atoms with Crippen LogP contribution in [0.15, 0.2) is 23.8 Å². The quantitative estimate of drug-likeness (QED) is 0.620. The van der Waals surface area contributed by atoms with E-state index >= 15 is 0 Å². The molecule has 0 aromatic rings. The molecule has 4 unspecified atom stereocenters. The molecule has 0 spiro atoms. The molecule has 1 saturated carbocycles. The maximum Gasteiger partial charge on any atom is 0.311 e. The number of carbonyl (C=O) groups is 2. The summed E-state index contributed by atoms with van der Waals surface area (Å²) in [6, 6.07) is 0. The molecule has 5 nitrogen and oxygen atoms in total. The molecule has 0 bridgehead atoms. The van der Waals surface area contributed by atoms with Crippen LogP contribution in [0, 0.1) is 11.3 Å². The van der Waals surface area contributed by atoms with Crippen LogP contribution in [-0.2, 0) is 23.8 Å². The number of fused-ring (bicyclic) bond motifs is 1. The van der Waals surface area contributed by atoms with E-state index in [1.54, 1.807) is 0 Å². The Bertz CT molecular complexity index is 593. The van der Waals surface area contributed by atoms with Gasteiger partial charge in [-0.2, -0.15) is 0 Å². The zero-order valence-electron chi connectivity index (χ0n) is 15.9. The smallest absolute Gasteiger partial charge is 0.311 e. The Morgan fingerprint density at radius 1 is 1.46 bits per heavy atom. The predicted molar refractivity (Wildman–Crippen MR) is 97.6 cm³/mol. The number of Topliss-reactive ketones (excluding diaryl/α,β-unsaturated/α-hetero) is 1. The topological polar surface area (TPSA) is 61.8 Å². The van der Waals surface area contributed by atoms with Crippen LogP contribution in [0.2, 0.25) is 0 Å². The molecule has 1 heterocycles. The zero-order chi connectivity index (χ0) is 18.6. The van der Waals surface area contributed by atoms with Gasteiger partial charge in [0, 0.05) is 17.4 Å². The van der Waals surface area contributed by atoms with Gasteiger partial charge in [0.1, 0.15) is 0 Å². The lowest BCUT2D eigenvalue weighted by Crippen LogP contribution is -2.32. The van der Waals surface area contributed by atoms with Gasteiger partial charge in [-0.25, -0.2) is 0 Å². The lowest BCUT2D eigenvalue weighted by Gasteiger charge is -2.27. The van der Waals surface area contributed by atoms with Gasteiger partial charge in [-0.05, 0) is 25.7 Å². The average molecular weight is 362 g/mol. The summed E-state index contributed by atoms with van der Waals surface area (Å²) in [6.45, 7) is 3.02. The minimum atomic E-state index is -0.194. The molecule has 1 aliphatic heterocycles. The second kappa shape index (κ2) is 8.49. The second-order valence-electron chi connectivity index (χ2n) is 7.78. The van der Waals surface area contributed by atoms with E-state index in [9.17, 15) is 9.59 Å². The van der Waals surface area contributed by atoms with Gasteiger partial charge in [0.2, 0.25) is 0 Å². The number of carbonyl (C=O) groups excluding carboxylic acids is 2. The van der Waals surface area contributed by atoms with Crippen molar-refractivity contribution in [3.63, 3.8) is 0 Å². The number of ether oxygens (including phenoxy) is 3. The standard InChI is InChI=1S/C21H30O5/c1-3-7-16(20(23)24-2)18-12-21(11-6-10-19(21)26-18)14-25-13-15-8-4-5-9-17(15)22/h4-5,8,16,18-19H,3,6-7,9-14H2,1-2H3. The van der Waals surface area contributed by atoms with Crippen molar-refractivity contribution in [2.45, 2.75) is 64.1 Å². The normalized spacial score (nSPS) is 31.6. The number of methoxy groups -OCH3 is 1. The molecule has 0 aromatic heterocycles. The van der Waals surface area contributed by atoms with Crippen LogP contribution in [0.3, 0.4) is 0 Å². The second-order valence-corrected chi connectivity index (χ2v) is 7.78. The maximum absolute atomic E-state index is 12.2. The van der Waals surface area contributed by atoms with Crippen LogP contribution >= 0.6 is 0 Å². The molecule has 26 heavy (non-hydrogen) atoms. The molecule has 1 saturated heterocycles. The number of allylic oxidation sites excluding steroid dienone is 3. The van der Waals surface area contributed by atoms with Crippen molar-refractivity contribution in [1.82, 2.24) is 0 Å². The molecule has 0 amide bonds. The van der Waals surface area contributed by atoms with E-state index in [0.717, 1.165) is 44.1 Å². The number of hydrogen-bond donors (Lipinski definition) is 0. The Morgan fingerprint density at radius 3 is 3.04 bits per heavy atom. The molecule has 4 atom stereocenters. The highest BCUT2D eigenvalue weighted by atomic mass is 16.5. The molecule has 0 radical (unpaired) electrons.